The summed E-state index contributed by atoms with van der Waals surface area (Å²) in [5.41, 5.74) is 5.18. The second kappa shape index (κ2) is 5.28. The van der Waals surface area contributed by atoms with Crippen molar-refractivity contribution < 1.29 is 4.79 Å². The zero-order valence-electron chi connectivity index (χ0n) is 9.41. The van der Waals surface area contributed by atoms with Crippen LogP contribution in [0, 0.1) is 6.92 Å². The topological polar surface area (TPSA) is 55.1 Å². The molecule has 1 rings (SSSR count). The number of hydrogen-bond donors (Lipinski definition) is 2. The highest BCUT2D eigenvalue weighted by Crippen LogP contribution is 2.16. The van der Waals surface area contributed by atoms with Crippen LogP contribution in [-0.2, 0) is 11.2 Å². The minimum Gasteiger partial charge on any atom is -0.368 e. The molecule has 0 saturated carbocycles. The average Bonchev–Trinajstić information content (AvgIpc) is 2.50. The Kier molecular flexibility index (Phi) is 4.29. The van der Waals surface area contributed by atoms with Crippen LogP contribution in [0.1, 0.15) is 23.6 Å². The van der Waals surface area contributed by atoms with E-state index in [2.05, 4.69) is 31.3 Å². The van der Waals surface area contributed by atoms with Crippen LogP contribution in [0.4, 0.5) is 0 Å². The normalized spacial score (nSPS) is 14.9. The molecule has 0 bridgehead atoms. The third kappa shape index (κ3) is 4.01. The maximum atomic E-state index is 10.9. The molecule has 3 nitrogen and oxygen atoms in total. The summed E-state index contributed by atoms with van der Waals surface area (Å²) in [6, 6.07) is 4.25. The molecule has 84 valence electrons. The summed E-state index contributed by atoms with van der Waals surface area (Å²) in [5, 5.41) is 3.17. The van der Waals surface area contributed by atoms with E-state index < -0.39 is 0 Å². The average molecular weight is 226 g/mol. The van der Waals surface area contributed by atoms with Gasteiger partial charge in [-0.05, 0) is 39.3 Å². The van der Waals surface area contributed by atoms with Gasteiger partial charge in [0.15, 0.2) is 0 Å². The number of thiophene rings is 1. The lowest BCUT2D eigenvalue weighted by Gasteiger charge is -2.16. The number of primary amides is 1. The molecular formula is C11H18N2OS. The van der Waals surface area contributed by atoms with Gasteiger partial charge in [0.25, 0.3) is 0 Å². The predicted molar refractivity (Wildman–Crippen MR) is 64.0 cm³/mol. The molecular weight excluding hydrogens is 208 g/mol. The summed E-state index contributed by atoms with van der Waals surface area (Å²) in [5.74, 6) is -0.302. The van der Waals surface area contributed by atoms with E-state index >= 15 is 0 Å². The van der Waals surface area contributed by atoms with Crippen LogP contribution in [0.15, 0.2) is 12.1 Å². The second-order valence-electron chi connectivity index (χ2n) is 3.91. The summed E-state index contributed by atoms with van der Waals surface area (Å²) >= 11 is 1.80. The highest BCUT2D eigenvalue weighted by Gasteiger charge is 2.12. The highest BCUT2D eigenvalue weighted by molar-refractivity contribution is 7.11. The maximum absolute atomic E-state index is 10.9. The molecule has 0 aliphatic rings. The number of nitrogens with two attached hydrogens (primary N) is 1. The van der Waals surface area contributed by atoms with Gasteiger partial charge in [-0.1, -0.05) is 0 Å². The number of carbonyl (C=O) groups is 1. The number of hydrogen-bond acceptors (Lipinski definition) is 3. The van der Waals surface area contributed by atoms with Gasteiger partial charge in [-0.2, -0.15) is 0 Å². The molecule has 1 amide bonds. The van der Waals surface area contributed by atoms with E-state index in [1.165, 1.54) is 9.75 Å². The predicted octanol–water partition coefficient (Wildman–Crippen LogP) is 1.45. The molecule has 3 N–H and O–H groups in total. The van der Waals surface area contributed by atoms with Crippen molar-refractivity contribution in [3.05, 3.63) is 21.9 Å². The van der Waals surface area contributed by atoms with Crippen molar-refractivity contribution >= 4 is 17.2 Å². The molecule has 1 heterocycles. The smallest absolute Gasteiger partial charge is 0.234 e. The van der Waals surface area contributed by atoms with Gasteiger partial charge in [-0.25, -0.2) is 0 Å². The SMILES string of the molecule is Cc1ccc(CC(C)NC(C)C(N)=O)s1. The van der Waals surface area contributed by atoms with Gasteiger partial charge in [0, 0.05) is 15.8 Å². The zero-order valence-corrected chi connectivity index (χ0v) is 10.2. The summed E-state index contributed by atoms with van der Waals surface area (Å²) in [6.45, 7) is 5.95. The zero-order chi connectivity index (χ0) is 11.4. The van der Waals surface area contributed by atoms with Gasteiger partial charge in [0.2, 0.25) is 5.91 Å². The molecule has 1 aromatic rings. The van der Waals surface area contributed by atoms with Crippen molar-refractivity contribution in [3.63, 3.8) is 0 Å². The third-order valence-corrected chi connectivity index (χ3v) is 3.29. The third-order valence-electron chi connectivity index (χ3n) is 2.26. The lowest BCUT2D eigenvalue weighted by atomic mass is 10.2. The Bertz CT molecular complexity index is 335. The number of nitrogens with one attached hydrogen (secondary N) is 1. The van der Waals surface area contributed by atoms with Crippen LogP contribution in [0.5, 0.6) is 0 Å². The van der Waals surface area contributed by atoms with Gasteiger partial charge >= 0.3 is 0 Å². The van der Waals surface area contributed by atoms with Gasteiger partial charge < -0.3 is 11.1 Å². The van der Waals surface area contributed by atoms with Gasteiger partial charge in [0.1, 0.15) is 0 Å². The minimum absolute atomic E-state index is 0.263. The standard InChI is InChI=1S/C11H18N2OS/c1-7(13-9(3)11(12)14)6-10-5-4-8(2)15-10/h4-5,7,9,13H,6H2,1-3H3,(H2,12,14). The van der Waals surface area contributed by atoms with Gasteiger partial charge in [-0.15, -0.1) is 11.3 Å². The Labute approximate surface area is 94.7 Å². The Morgan fingerprint density at radius 3 is 2.67 bits per heavy atom. The van der Waals surface area contributed by atoms with Crippen LogP contribution in [0.2, 0.25) is 0 Å². The Hall–Kier alpha value is -0.870. The van der Waals surface area contributed by atoms with Crippen LogP contribution in [-0.4, -0.2) is 18.0 Å². The molecule has 0 fully saturated rings. The summed E-state index contributed by atoms with van der Waals surface area (Å²) in [7, 11) is 0. The quantitative estimate of drug-likeness (QED) is 0.798. The first-order chi connectivity index (χ1) is 6.99. The Morgan fingerprint density at radius 2 is 2.20 bits per heavy atom. The molecule has 1 aromatic heterocycles. The van der Waals surface area contributed by atoms with E-state index in [9.17, 15) is 4.79 Å². The van der Waals surface area contributed by atoms with Crippen molar-refractivity contribution in [3.8, 4) is 0 Å². The molecule has 2 atom stereocenters. The Balaban J connectivity index is 2.42. The fourth-order valence-electron chi connectivity index (χ4n) is 1.46. The molecule has 0 aliphatic heterocycles. The Morgan fingerprint density at radius 1 is 1.53 bits per heavy atom. The van der Waals surface area contributed by atoms with E-state index in [0.29, 0.717) is 0 Å². The summed E-state index contributed by atoms with van der Waals surface area (Å²) in [4.78, 5) is 13.5. The van der Waals surface area contributed by atoms with E-state index in [0.717, 1.165) is 6.42 Å². The summed E-state index contributed by atoms with van der Waals surface area (Å²) in [6.07, 6.45) is 0.941. The van der Waals surface area contributed by atoms with E-state index in [1.807, 2.05) is 0 Å². The van der Waals surface area contributed by atoms with Crippen molar-refractivity contribution in [2.45, 2.75) is 39.3 Å². The molecule has 0 radical (unpaired) electrons. The molecule has 0 saturated heterocycles. The van der Waals surface area contributed by atoms with E-state index in [-0.39, 0.29) is 18.0 Å². The van der Waals surface area contributed by atoms with E-state index in [1.54, 1.807) is 18.3 Å². The first-order valence-electron chi connectivity index (χ1n) is 5.09. The van der Waals surface area contributed by atoms with Crippen LogP contribution >= 0.6 is 11.3 Å². The molecule has 0 spiro atoms. The summed E-state index contributed by atoms with van der Waals surface area (Å²) < 4.78 is 0. The lowest BCUT2D eigenvalue weighted by molar-refractivity contribution is -0.119. The molecule has 4 heteroatoms. The van der Waals surface area contributed by atoms with Crippen LogP contribution in [0.25, 0.3) is 0 Å². The largest absolute Gasteiger partial charge is 0.368 e. The first-order valence-corrected chi connectivity index (χ1v) is 5.91. The number of rotatable bonds is 5. The van der Waals surface area contributed by atoms with Gasteiger partial charge in [0.05, 0.1) is 6.04 Å². The lowest BCUT2D eigenvalue weighted by Crippen LogP contribution is -2.44. The van der Waals surface area contributed by atoms with Crippen molar-refractivity contribution in [1.29, 1.82) is 0 Å². The molecule has 0 aliphatic carbocycles. The number of aryl methyl sites for hydroxylation is 1. The molecule has 2 unspecified atom stereocenters. The van der Waals surface area contributed by atoms with Gasteiger partial charge in [-0.3, -0.25) is 4.79 Å². The highest BCUT2D eigenvalue weighted by atomic mass is 32.1. The van der Waals surface area contributed by atoms with Crippen LogP contribution in [0.3, 0.4) is 0 Å². The fourth-order valence-corrected chi connectivity index (χ4v) is 2.48. The van der Waals surface area contributed by atoms with Crippen molar-refractivity contribution in [1.82, 2.24) is 5.32 Å². The van der Waals surface area contributed by atoms with Crippen molar-refractivity contribution in [2.24, 2.45) is 5.73 Å². The van der Waals surface area contributed by atoms with E-state index in [4.69, 9.17) is 5.73 Å². The van der Waals surface area contributed by atoms with Crippen molar-refractivity contribution in [2.75, 3.05) is 0 Å². The number of amides is 1. The maximum Gasteiger partial charge on any atom is 0.234 e. The fraction of sp³-hybridized carbons (Fsp3) is 0.545. The molecule has 0 aromatic carbocycles. The van der Waals surface area contributed by atoms with Crippen LogP contribution < -0.4 is 11.1 Å². The molecule has 15 heavy (non-hydrogen) atoms. The number of carbonyl (C=O) groups excluding carboxylic acids is 1. The second-order valence-corrected chi connectivity index (χ2v) is 5.28. The first kappa shape index (κ1) is 12.2. The monoisotopic (exact) mass is 226 g/mol. The minimum atomic E-state index is -0.302.